The zero-order valence-electron chi connectivity index (χ0n) is 10.5. The molecule has 0 aliphatic carbocycles. The van der Waals surface area contributed by atoms with Gasteiger partial charge in [0.15, 0.2) is 0 Å². The second-order valence-corrected chi connectivity index (χ2v) is 4.70. The molecular formula is C12H26N2O. The van der Waals surface area contributed by atoms with E-state index in [-0.39, 0.29) is 0 Å². The van der Waals surface area contributed by atoms with Crippen LogP contribution in [-0.2, 0) is 4.74 Å². The van der Waals surface area contributed by atoms with Crippen LogP contribution < -0.4 is 5.32 Å². The Balaban J connectivity index is 2.48. The molecule has 1 aliphatic heterocycles. The highest BCUT2D eigenvalue weighted by atomic mass is 16.5. The minimum Gasteiger partial charge on any atom is -0.381 e. The summed E-state index contributed by atoms with van der Waals surface area (Å²) in [6.45, 7) is 11.0. The number of nitrogens with zero attached hydrogens (tertiary/aromatic N) is 1. The second kappa shape index (κ2) is 6.46. The van der Waals surface area contributed by atoms with Crippen LogP contribution in [0.1, 0.15) is 26.7 Å². The molecule has 1 aliphatic rings. The summed E-state index contributed by atoms with van der Waals surface area (Å²) >= 11 is 0. The third-order valence-corrected chi connectivity index (χ3v) is 3.28. The Morgan fingerprint density at radius 2 is 2.20 bits per heavy atom. The lowest BCUT2D eigenvalue weighted by Gasteiger charge is -2.33. The molecule has 1 rings (SSSR count). The third-order valence-electron chi connectivity index (χ3n) is 3.28. The van der Waals surface area contributed by atoms with Crippen LogP contribution in [0.25, 0.3) is 0 Å². The van der Waals surface area contributed by atoms with Gasteiger partial charge in [-0.1, -0.05) is 13.8 Å². The predicted octanol–water partition coefficient (Wildman–Crippen LogP) is 1.34. The Bertz CT molecular complexity index is 167. The Kier molecular flexibility index (Phi) is 5.58. The quantitative estimate of drug-likeness (QED) is 0.692. The van der Waals surface area contributed by atoms with Crippen LogP contribution in [0.4, 0.5) is 0 Å². The van der Waals surface area contributed by atoms with Gasteiger partial charge in [0.1, 0.15) is 0 Å². The first-order valence-electron chi connectivity index (χ1n) is 6.21. The van der Waals surface area contributed by atoms with Crippen molar-refractivity contribution >= 4 is 0 Å². The van der Waals surface area contributed by atoms with E-state index in [0.717, 1.165) is 26.3 Å². The van der Waals surface area contributed by atoms with E-state index in [1.165, 1.54) is 25.9 Å². The first-order chi connectivity index (χ1) is 7.26. The summed E-state index contributed by atoms with van der Waals surface area (Å²) in [6.07, 6.45) is 2.44. The van der Waals surface area contributed by atoms with Crippen molar-refractivity contribution in [3.05, 3.63) is 0 Å². The SMILES string of the molecule is CCCN(CC)CC1(CNC)CCOC1. The van der Waals surface area contributed by atoms with Crippen molar-refractivity contribution in [3.63, 3.8) is 0 Å². The van der Waals surface area contributed by atoms with Crippen LogP contribution in [0.3, 0.4) is 0 Å². The molecule has 1 atom stereocenters. The highest BCUT2D eigenvalue weighted by Gasteiger charge is 2.35. The molecule has 0 aromatic heterocycles. The number of hydrogen-bond acceptors (Lipinski definition) is 3. The number of ether oxygens (including phenoxy) is 1. The summed E-state index contributed by atoms with van der Waals surface area (Å²) in [4.78, 5) is 2.55. The number of hydrogen-bond donors (Lipinski definition) is 1. The molecule has 0 aromatic rings. The fraction of sp³-hybridized carbons (Fsp3) is 1.00. The lowest BCUT2D eigenvalue weighted by atomic mass is 9.86. The molecule has 1 heterocycles. The van der Waals surface area contributed by atoms with E-state index in [0.29, 0.717) is 5.41 Å². The van der Waals surface area contributed by atoms with Gasteiger partial charge in [0, 0.05) is 25.1 Å². The van der Waals surface area contributed by atoms with E-state index in [9.17, 15) is 0 Å². The molecule has 15 heavy (non-hydrogen) atoms. The maximum absolute atomic E-state index is 5.57. The molecule has 0 saturated carbocycles. The first kappa shape index (κ1) is 12.9. The summed E-state index contributed by atoms with van der Waals surface area (Å²) in [6, 6.07) is 0. The Morgan fingerprint density at radius 1 is 1.40 bits per heavy atom. The highest BCUT2D eigenvalue weighted by molar-refractivity contribution is 4.87. The average molecular weight is 214 g/mol. The zero-order valence-corrected chi connectivity index (χ0v) is 10.5. The van der Waals surface area contributed by atoms with Gasteiger partial charge >= 0.3 is 0 Å². The number of rotatable bonds is 7. The van der Waals surface area contributed by atoms with E-state index >= 15 is 0 Å². The topological polar surface area (TPSA) is 24.5 Å². The van der Waals surface area contributed by atoms with Crippen LogP contribution in [0.2, 0.25) is 0 Å². The largest absolute Gasteiger partial charge is 0.381 e. The maximum Gasteiger partial charge on any atom is 0.0547 e. The van der Waals surface area contributed by atoms with Gasteiger partial charge in [0.2, 0.25) is 0 Å². The van der Waals surface area contributed by atoms with E-state index in [1.54, 1.807) is 0 Å². The lowest BCUT2D eigenvalue weighted by Crippen LogP contribution is -2.44. The van der Waals surface area contributed by atoms with Crippen molar-refractivity contribution in [1.82, 2.24) is 10.2 Å². The summed E-state index contributed by atoms with van der Waals surface area (Å²) in [5.74, 6) is 0. The normalized spacial score (nSPS) is 26.4. The molecule has 1 fully saturated rings. The van der Waals surface area contributed by atoms with Gasteiger partial charge in [-0.25, -0.2) is 0 Å². The van der Waals surface area contributed by atoms with Crippen molar-refractivity contribution in [2.45, 2.75) is 26.7 Å². The highest BCUT2D eigenvalue weighted by Crippen LogP contribution is 2.29. The Hall–Kier alpha value is -0.120. The standard InChI is InChI=1S/C12H26N2O/c1-4-7-14(5-2)10-12(9-13-3)6-8-15-11-12/h13H,4-11H2,1-3H3. The molecule has 0 aromatic carbocycles. The molecule has 1 N–H and O–H groups in total. The minimum absolute atomic E-state index is 0.361. The number of nitrogens with one attached hydrogen (secondary N) is 1. The Labute approximate surface area is 94.2 Å². The van der Waals surface area contributed by atoms with Crippen LogP contribution in [0.5, 0.6) is 0 Å². The fourth-order valence-corrected chi connectivity index (χ4v) is 2.48. The van der Waals surface area contributed by atoms with Crippen LogP contribution in [-0.4, -0.2) is 51.3 Å². The zero-order chi connectivity index (χ0) is 11.1. The van der Waals surface area contributed by atoms with Crippen LogP contribution in [0, 0.1) is 5.41 Å². The van der Waals surface area contributed by atoms with Crippen molar-refractivity contribution < 1.29 is 4.74 Å². The molecule has 3 nitrogen and oxygen atoms in total. The fourth-order valence-electron chi connectivity index (χ4n) is 2.48. The predicted molar refractivity (Wildman–Crippen MR) is 64.2 cm³/mol. The van der Waals surface area contributed by atoms with E-state index in [1.807, 2.05) is 7.05 Å². The smallest absolute Gasteiger partial charge is 0.0547 e. The molecule has 90 valence electrons. The molecule has 0 radical (unpaired) electrons. The van der Waals surface area contributed by atoms with Gasteiger partial charge in [-0.2, -0.15) is 0 Å². The molecule has 1 saturated heterocycles. The van der Waals surface area contributed by atoms with Gasteiger partial charge < -0.3 is 15.0 Å². The van der Waals surface area contributed by atoms with Crippen LogP contribution in [0.15, 0.2) is 0 Å². The van der Waals surface area contributed by atoms with Crippen molar-refractivity contribution in [3.8, 4) is 0 Å². The summed E-state index contributed by atoms with van der Waals surface area (Å²) in [5.41, 5.74) is 0.361. The Morgan fingerprint density at radius 3 is 2.67 bits per heavy atom. The summed E-state index contributed by atoms with van der Waals surface area (Å²) in [5, 5.41) is 3.32. The molecule has 0 amide bonds. The van der Waals surface area contributed by atoms with Crippen molar-refractivity contribution in [2.75, 3.05) is 46.4 Å². The minimum atomic E-state index is 0.361. The van der Waals surface area contributed by atoms with E-state index < -0.39 is 0 Å². The van der Waals surface area contributed by atoms with Gasteiger partial charge in [-0.3, -0.25) is 0 Å². The molecule has 1 unspecified atom stereocenters. The molecule has 0 bridgehead atoms. The summed E-state index contributed by atoms with van der Waals surface area (Å²) in [7, 11) is 2.04. The molecule has 3 heteroatoms. The average Bonchev–Trinajstić information content (AvgIpc) is 2.67. The van der Waals surface area contributed by atoms with E-state index in [2.05, 4.69) is 24.1 Å². The van der Waals surface area contributed by atoms with Gasteiger partial charge in [-0.15, -0.1) is 0 Å². The van der Waals surface area contributed by atoms with Crippen molar-refractivity contribution in [1.29, 1.82) is 0 Å². The van der Waals surface area contributed by atoms with Gasteiger partial charge in [0.25, 0.3) is 0 Å². The first-order valence-corrected chi connectivity index (χ1v) is 6.21. The third kappa shape index (κ3) is 3.74. The van der Waals surface area contributed by atoms with Crippen molar-refractivity contribution in [2.24, 2.45) is 5.41 Å². The molecule has 0 spiro atoms. The van der Waals surface area contributed by atoms with E-state index in [4.69, 9.17) is 4.74 Å². The maximum atomic E-state index is 5.57. The van der Waals surface area contributed by atoms with Gasteiger partial charge in [0.05, 0.1) is 6.61 Å². The monoisotopic (exact) mass is 214 g/mol. The van der Waals surface area contributed by atoms with Gasteiger partial charge in [-0.05, 0) is 33.0 Å². The lowest BCUT2D eigenvalue weighted by molar-refractivity contribution is 0.112. The second-order valence-electron chi connectivity index (χ2n) is 4.70. The summed E-state index contributed by atoms with van der Waals surface area (Å²) < 4.78 is 5.57. The van der Waals surface area contributed by atoms with Crippen LogP contribution >= 0.6 is 0 Å². The molecular weight excluding hydrogens is 188 g/mol.